The number of aliphatic imine (C=N–C) groups is 1. The van der Waals surface area contributed by atoms with E-state index in [4.69, 9.17) is 14.5 Å². The molecule has 0 aliphatic carbocycles. The summed E-state index contributed by atoms with van der Waals surface area (Å²) in [6.45, 7) is 10.0. The first-order chi connectivity index (χ1) is 15.2. The highest BCUT2D eigenvalue weighted by Crippen LogP contribution is 2.15. The first-order valence-corrected chi connectivity index (χ1v) is 11.4. The van der Waals surface area contributed by atoms with Gasteiger partial charge in [0.2, 0.25) is 0 Å². The number of likely N-dealkylation sites (tertiary alicyclic amines) is 1. The molecule has 3 rings (SSSR count). The van der Waals surface area contributed by atoms with Crippen LogP contribution in [0.4, 0.5) is 0 Å². The van der Waals surface area contributed by atoms with Crippen LogP contribution in [0.2, 0.25) is 0 Å². The molecular formula is C24H37N5O2. The largest absolute Gasteiger partial charge is 0.385 e. The Morgan fingerprint density at radius 3 is 2.74 bits per heavy atom. The Bertz CT molecular complexity index is 812. The van der Waals surface area contributed by atoms with Gasteiger partial charge in [-0.2, -0.15) is 0 Å². The maximum atomic E-state index is 5.99. The molecule has 1 N–H and O–H groups in total. The second-order valence-electron chi connectivity index (χ2n) is 8.00. The Labute approximate surface area is 186 Å². The summed E-state index contributed by atoms with van der Waals surface area (Å²) in [7, 11) is 1.73. The predicted octanol–water partition coefficient (Wildman–Crippen LogP) is 3.22. The third-order valence-electron chi connectivity index (χ3n) is 5.60. The van der Waals surface area contributed by atoms with Crippen molar-refractivity contribution in [1.82, 2.24) is 19.8 Å². The molecule has 0 unspecified atom stereocenters. The fourth-order valence-electron chi connectivity index (χ4n) is 3.87. The van der Waals surface area contributed by atoms with Crippen LogP contribution in [0.5, 0.6) is 0 Å². The number of hydrogen-bond donors (Lipinski definition) is 1. The lowest BCUT2D eigenvalue weighted by molar-refractivity contribution is 0.00990. The summed E-state index contributed by atoms with van der Waals surface area (Å²) in [6.07, 6.45) is 7.25. The number of imidazole rings is 1. The number of nitrogens with zero attached hydrogens (tertiary/aromatic N) is 4. The third kappa shape index (κ3) is 7.36. The Morgan fingerprint density at radius 1 is 1.23 bits per heavy atom. The zero-order valence-corrected chi connectivity index (χ0v) is 19.2. The molecule has 0 radical (unpaired) electrons. The van der Waals surface area contributed by atoms with Gasteiger partial charge in [-0.3, -0.25) is 0 Å². The van der Waals surface area contributed by atoms with Crippen molar-refractivity contribution in [3.05, 3.63) is 53.6 Å². The van der Waals surface area contributed by atoms with Crippen molar-refractivity contribution < 1.29 is 9.47 Å². The summed E-state index contributed by atoms with van der Waals surface area (Å²) in [5, 5.41) is 3.46. The average molecular weight is 428 g/mol. The number of piperidine rings is 1. The Balaban J connectivity index is 1.54. The Hall–Kier alpha value is -2.38. The van der Waals surface area contributed by atoms with E-state index in [9.17, 15) is 0 Å². The fourth-order valence-corrected chi connectivity index (χ4v) is 3.87. The van der Waals surface area contributed by atoms with Crippen molar-refractivity contribution in [3.63, 3.8) is 0 Å². The summed E-state index contributed by atoms with van der Waals surface area (Å²) < 4.78 is 13.2. The number of ether oxygens (including phenoxy) is 2. The lowest BCUT2D eigenvalue weighted by Gasteiger charge is -2.34. The van der Waals surface area contributed by atoms with Gasteiger partial charge >= 0.3 is 0 Å². The van der Waals surface area contributed by atoms with Crippen LogP contribution in [0.3, 0.4) is 0 Å². The minimum Gasteiger partial charge on any atom is -0.385 e. The maximum absolute atomic E-state index is 5.99. The quantitative estimate of drug-likeness (QED) is 0.358. The van der Waals surface area contributed by atoms with Gasteiger partial charge in [-0.15, -0.1) is 0 Å². The molecule has 1 aliphatic heterocycles. The van der Waals surface area contributed by atoms with Crippen LogP contribution >= 0.6 is 0 Å². The van der Waals surface area contributed by atoms with Crippen molar-refractivity contribution in [3.8, 4) is 0 Å². The highest BCUT2D eigenvalue weighted by molar-refractivity contribution is 5.80. The molecule has 7 nitrogen and oxygen atoms in total. The Morgan fingerprint density at radius 2 is 2.03 bits per heavy atom. The number of benzene rings is 1. The molecule has 1 aromatic carbocycles. The van der Waals surface area contributed by atoms with Crippen LogP contribution < -0.4 is 5.32 Å². The van der Waals surface area contributed by atoms with Gasteiger partial charge in [0.1, 0.15) is 5.82 Å². The number of aromatic nitrogens is 2. The maximum Gasteiger partial charge on any atom is 0.194 e. The second kappa shape index (κ2) is 12.5. The summed E-state index contributed by atoms with van der Waals surface area (Å²) in [5.74, 6) is 2.03. The van der Waals surface area contributed by atoms with E-state index >= 15 is 0 Å². The van der Waals surface area contributed by atoms with Crippen molar-refractivity contribution >= 4 is 5.96 Å². The van der Waals surface area contributed by atoms with Crippen molar-refractivity contribution in [1.29, 1.82) is 0 Å². The van der Waals surface area contributed by atoms with Crippen LogP contribution in [0.25, 0.3) is 0 Å². The summed E-state index contributed by atoms with van der Waals surface area (Å²) in [4.78, 5) is 11.6. The highest BCUT2D eigenvalue weighted by atomic mass is 16.5. The number of methoxy groups -OCH3 is 1. The number of nitrogens with one attached hydrogen (secondary N) is 1. The minimum absolute atomic E-state index is 0.347. The number of aryl methyl sites for hydroxylation is 1. The average Bonchev–Trinajstić information content (AvgIpc) is 3.19. The van der Waals surface area contributed by atoms with Gasteiger partial charge in [0, 0.05) is 58.9 Å². The van der Waals surface area contributed by atoms with Crippen LogP contribution in [0.15, 0.2) is 41.7 Å². The van der Waals surface area contributed by atoms with Gasteiger partial charge in [0.05, 0.1) is 12.6 Å². The molecule has 170 valence electrons. The lowest BCUT2D eigenvalue weighted by atomic mass is 10.1. The first kappa shape index (κ1) is 23.3. The summed E-state index contributed by atoms with van der Waals surface area (Å²) in [6, 6.07) is 8.67. The van der Waals surface area contributed by atoms with Gasteiger partial charge in [0.15, 0.2) is 5.96 Å². The summed E-state index contributed by atoms with van der Waals surface area (Å²) in [5.41, 5.74) is 2.49. The molecule has 0 spiro atoms. The number of rotatable bonds is 10. The van der Waals surface area contributed by atoms with E-state index in [-0.39, 0.29) is 0 Å². The fraction of sp³-hybridized carbons (Fsp3) is 0.583. The van der Waals surface area contributed by atoms with E-state index in [2.05, 4.69) is 51.0 Å². The van der Waals surface area contributed by atoms with Gasteiger partial charge in [-0.1, -0.05) is 24.3 Å². The molecule has 31 heavy (non-hydrogen) atoms. The van der Waals surface area contributed by atoms with Gasteiger partial charge in [-0.25, -0.2) is 9.98 Å². The zero-order valence-electron chi connectivity index (χ0n) is 19.2. The monoisotopic (exact) mass is 427 g/mol. The normalized spacial score (nSPS) is 15.5. The van der Waals surface area contributed by atoms with E-state index in [1.165, 1.54) is 11.1 Å². The Kier molecular flexibility index (Phi) is 9.37. The van der Waals surface area contributed by atoms with Crippen LogP contribution in [-0.4, -0.2) is 66.5 Å². The topological polar surface area (TPSA) is 63.9 Å². The molecule has 0 saturated carbocycles. The minimum atomic E-state index is 0.347. The number of hydrogen-bond acceptors (Lipinski definition) is 4. The summed E-state index contributed by atoms with van der Waals surface area (Å²) >= 11 is 0. The van der Waals surface area contributed by atoms with Crippen molar-refractivity contribution in [2.75, 3.05) is 40.0 Å². The third-order valence-corrected chi connectivity index (χ3v) is 5.60. The number of guanidine groups is 1. The van der Waals surface area contributed by atoms with E-state index in [1.54, 1.807) is 7.11 Å². The van der Waals surface area contributed by atoms with Crippen LogP contribution in [-0.2, 0) is 22.6 Å². The molecule has 0 amide bonds. The van der Waals surface area contributed by atoms with E-state index in [0.29, 0.717) is 12.6 Å². The zero-order chi connectivity index (χ0) is 21.9. The van der Waals surface area contributed by atoms with Gasteiger partial charge in [0.25, 0.3) is 0 Å². The van der Waals surface area contributed by atoms with E-state index in [0.717, 1.165) is 70.4 Å². The standard InChI is InChI=1S/C24H37N5O2/c1-4-25-24(28-12-9-23(10-13-28)31-16-6-15-30-3)27-18-21-7-5-8-22(17-21)19-29-14-11-26-20(29)2/h5,7-8,11,14,17,23H,4,6,9-10,12-13,15-16,18-19H2,1-3H3,(H,25,27). The molecule has 1 aliphatic rings. The molecule has 1 saturated heterocycles. The molecule has 2 heterocycles. The molecule has 1 fully saturated rings. The predicted molar refractivity (Wildman–Crippen MR) is 124 cm³/mol. The molecule has 0 atom stereocenters. The first-order valence-electron chi connectivity index (χ1n) is 11.4. The lowest BCUT2D eigenvalue weighted by Crippen LogP contribution is -2.47. The van der Waals surface area contributed by atoms with Gasteiger partial charge in [-0.05, 0) is 44.2 Å². The molecule has 7 heteroatoms. The molecule has 0 bridgehead atoms. The van der Waals surface area contributed by atoms with Gasteiger partial charge < -0.3 is 24.3 Å². The molecule has 1 aromatic heterocycles. The highest BCUT2D eigenvalue weighted by Gasteiger charge is 2.21. The molecule has 2 aromatic rings. The van der Waals surface area contributed by atoms with Crippen molar-refractivity contribution in [2.24, 2.45) is 4.99 Å². The molecular weight excluding hydrogens is 390 g/mol. The smallest absolute Gasteiger partial charge is 0.194 e. The van der Waals surface area contributed by atoms with E-state index < -0.39 is 0 Å². The van der Waals surface area contributed by atoms with Crippen molar-refractivity contribution in [2.45, 2.75) is 52.3 Å². The SMILES string of the molecule is CCNC(=NCc1cccc(Cn2ccnc2C)c1)N1CCC(OCCCOC)CC1. The van der Waals surface area contributed by atoms with Crippen LogP contribution in [0.1, 0.15) is 43.1 Å². The second-order valence-corrected chi connectivity index (χ2v) is 8.00. The van der Waals surface area contributed by atoms with Crippen LogP contribution in [0, 0.1) is 6.92 Å². The van der Waals surface area contributed by atoms with E-state index in [1.807, 2.05) is 19.3 Å².